The Balaban J connectivity index is 1.58. The Bertz CT molecular complexity index is 918. The average molecular weight is 349 g/mol. The summed E-state index contributed by atoms with van der Waals surface area (Å²) in [5.41, 5.74) is 3.08. The minimum Gasteiger partial charge on any atom is -0.497 e. The zero-order chi connectivity index (χ0) is 17.9. The molecule has 4 rings (SSSR count). The molecule has 0 bridgehead atoms. The monoisotopic (exact) mass is 349 g/mol. The summed E-state index contributed by atoms with van der Waals surface area (Å²) in [5.74, 6) is 1.43. The van der Waals surface area contributed by atoms with E-state index >= 15 is 0 Å². The number of benzene rings is 2. The molecule has 2 aromatic carbocycles. The summed E-state index contributed by atoms with van der Waals surface area (Å²) in [7, 11) is 1.62. The molecule has 0 spiro atoms. The van der Waals surface area contributed by atoms with Crippen molar-refractivity contribution in [2.75, 3.05) is 13.7 Å². The maximum absolute atomic E-state index is 12.9. The predicted molar refractivity (Wildman–Crippen MR) is 97.3 cm³/mol. The number of rotatable bonds is 4. The predicted octanol–water partition coefficient (Wildman–Crippen LogP) is 3.34. The first-order valence-electron chi connectivity index (χ1n) is 8.46. The third-order valence-corrected chi connectivity index (χ3v) is 4.53. The van der Waals surface area contributed by atoms with Crippen LogP contribution in [0.3, 0.4) is 0 Å². The number of para-hydroxylation sites is 1. The number of fused-ring (bicyclic) bond motifs is 1. The number of hydrogen-bond acceptors (Lipinski definition) is 4. The molecule has 3 aromatic rings. The first-order chi connectivity index (χ1) is 12.8. The van der Waals surface area contributed by atoms with Crippen LogP contribution >= 0.6 is 0 Å². The smallest absolute Gasteiger partial charge is 0.255 e. The van der Waals surface area contributed by atoms with E-state index in [4.69, 9.17) is 9.47 Å². The highest BCUT2D eigenvalue weighted by Gasteiger charge is 2.24. The second-order valence-corrected chi connectivity index (χ2v) is 6.09. The molecule has 0 saturated heterocycles. The third kappa shape index (κ3) is 3.01. The van der Waals surface area contributed by atoms with E-state index in [9.17, 15) is 4.79 Å². The van der Waals surface area contributed by atoms with E-state index in [1.807, 2.05) is 48.5 Å². The van der Waals surface area contributed by atoms with Gasteiger partial charge in [0, 0.05) is 17.5 Å². The van der Waals surface area contributed by atoms with Gasteiger partial charge in [0.15, 0.2) is 0 Å². The first kappa shape index (κ1) is 16.2. The summed E-state index contributed by atoms with van der Waals surface area (Å²) in [6.07, 6.45) is 2.29. The van der Waals surface area contributed by atoms with Gasteiger partial charge in [-0.25, -0.2) is 0 Å². The number of carbonyl (C=O) groups excluding carboxylic acids is 1. The number of methoxy groups -OCH3 is 1. The van der Waals surface area contributed by atoms with Crippen LogP contribution in [0.2, 0.25) is 0 Å². The number of aromatic amines is 1. The van der Waals surface area contributed by atoms with E-state index in [0.717, 1.165) is 29.0 Å². The number of H-pyrrole nitrogens is 1. The van der Waals surface area contributed by atoms with Crippen LogP contribution in [0.15, 0.2) is 54.7 Å². The molecular weight excluding hydrogens is 330 g/mol. The van der Waals surface area contributed by atoms with Gasteiger partial charge in [0.2, 0.25) is 0 Å². The molecule has 1 aromatic heterocycles. The van der Waals surface area contributed by atoms with Crippen molar-refractivity contribution in [2.45, 2.75) is 12.5 Å². The van der Waals surface area contributed by atoms with Crippen molar-refractivity contribution < 1.29 is 14.3 Å². The topological polar surface area (TPSA) is 76.2 Å². The molecular formula is C20H19N3O3. The third-order valence-electron chi connectivity index (χ3n) is 4.53. The SMILES string of the molecule is COc1ccc(-c2[nH]ncc2C(=O)NC2CCOc3ccccc32)cc1. The number of nitrogens with one attached hydrogen (secondary N) is 2. The summed E-state index contributed by atoms with van der Waals surface area (Å²) in [6, 6.07) is 15.2. The molecule has 132 valence electrons. The van der Waals surface area contributed by atoms with Gasteiger partial charge in [0.05, 0.1) is 37.2 Å². The molecule has 0 radical (unpaired) electrons. The molecule has 1 aliphatic heterocycles. The van der Waals surface area contributed by atoms with E-state index in [1.165, 1.54) is 0 Å². The molecule has 1 amide bonds. The van der Waals surface area contributed by atoms with Gasteiger partial charge in [-0.3, -0.25) is 9.89 Å². The molecule has 2 N–H and O–H groups in total. The van der Waals surface area contributed by atoms with Crippen molar-refractivity contribution in [3.05, 3.63) is 65.9 Å². The Hall–Kier alpha value is -3.28. The second-order valence-electron chi connectivity index (χ2n) is 6.09. The van der Waals surface area contributed by atoms with Crippen molar-refractivity contribution in [1.29, 1.82) is 0 Å². The normalized spacial score (nSPS) is 15.7. The van der Waals surface area contributed by atoms with Crippen LogP contribution in [0.25, 0.3) is 11.3 Å². The van der Waals surface area contributed by atoms with Gasteiger partial charge in [-0.15, -0.1) is 0 Å². The molecule has 0 fully saturated rings. The van der Waals surface area contributed by atoms with Gasteiger partial charge in [-0.2, -0.15) is 5.10 Å². The van der Waals surface area contributed by atoms with Crippen molar-refractivity contribution in [1.82, 2.24) is 15.5 Å². The molecule has 26 heavy (non-hydrogen) atoms. The van der Waals surface area contributed by atoms with Crippen LogP contribution < -0.4 is 14.8 Å². The van der Waals surface area contributed by atoms with Gasteiger partial charge in [-0.05, 0) is 30.3 Å². The number of ether oxygens (including phenoxy) is 2. The molecule has 1 atom stereocenters. The molecule has 0 saturated carbocycles. The van der Waals surface area contributed by atoms with Gasteiger partial charge < -0.3 is 14.8 Å². The minimum atomic E-state index is -0.161. The zero-order valence-electron chi connectivity index (χ0n) is 14.4. The van der Waals surface area contributed by atoms with Crippen molar-refractivity contribution in [3.63, 3.8) is 0 Å². The Labute approximate surface area is 151 Å². The number of carbonyl (C=O) groups is 1. The lowest BCUT2D eigenvalue weighted by molar-refractivity contribution is 0.0925. The standard InChI is InChI=1S/C20H19N3O3/c1-25-14-8-6-13(7-9-14)19-16(12-21-23-19)20(24)22-17-10-11-26-18-5-3-2-4-15(17)18/h2-9,12,17H,10-11H2,1H3,(H,21,23)(H,22,24). The Kier molecular flexibility index (Phi) is 4.31. The van der Waals surface area contributed by atoms with Crippen LogP contribution in [0, 0.1) is 0 Å². The highest BCUT2D eigenvalue weighted by atomic mass is 16.5. The summed E-state index contributed by atoms with van der Waals surface area (Å²) in [5, 5.41) is 10.1. The lowest BCUT2D eigenvalue weighted by Gasteiger charge is -2.26. The summed E-state index contributed by atoms with van der Waals surface area (Å²) < 4.78 is 10.8. The fourth-order valence-electron chi connectivity index (χ4n) is 3.16. The van der Waals surface area contributed by atoms with Gasteiger partial charge in [0.1, 0.15) is 11.5 Å². The fourth-order valence-corrected chi connectivity index (χ4v) is 3.16. The maximum Gasteiger partial charge on any atom is 0.255 e. The fraction of sp³-hybridized carbons (Fsp3) is 0.200. The lowest BCUT2D eigenvalue weighted by Crippen LogP contribution is -2.32. The Morgan fingerprint density at radius 1 is 1.23 bits per heavy atom. The lowest BCUT2D eigenvalue weighted by atomic mass is 10.00. The summed E-state index contributed by atoms with van der Waals surface area (Å²) >= 11 is 0. The maximum atomic E-state index is 12.9. The largest absolute Gasteiger partial charge is 0.497 e. The molecule has 6 heteroatoms. The second kappa shape index (κ2) is 6.92. The Morgan fingerprint density at radius 3 is 2.85 bits per heavy atom. The summed E-state index contributed by atoms with van der Waals surface area (Å²) in [4.78, 5) is 12.9. The van der Waals surface area contributed by atoms with Crippen LogP contribution in [0.4, 0.5) is 0 Å². The highest BCUT2D eigenvalue weighted by molar-refractivity contribution is 6.00. The number of aromatic nitrogens is 2. The molecule has 6 nitrogen and oxygen atoms in total. The summed E-state index contributed by atoms with van der Waals surface area (Å²) in [6.45, 7) is 0.582. The van der Waals surface area contributed by atoms with E-state index in [-0.39, 0.29) is 11.9 Å². The zero-order valence-corrected chi connectivity index (χ0v) is 14.4. The molecule has 1 aliphatic rings. The van der Waals surface area contributed by atoms with Crippen molar-refractivity contribution in [3.8, 4) is 22.8 Å². The first-order valence-corrected chi connectivity index (χ1v) is 8.46. The molecule has 2 heterocycles. The van der Waals surface area contributed by atoms with Crippen LogP contribution in [-0.2, 0) is 0 Å². The van der Waals surface area contributed by atoms with Crippen LogP contribution in [0.1, 0.15) is 28.4 Å². The van der Waals surface area contributed by atoms with Crippen molar-refractivity contribution >= 4 is 5.91 Å². The van der Waals surface area contributed by atoms with E-state index in [1.54, 1.807) is 13.3 Å². The molecule has 0 aliphatic carbocycles. The van der Waals surface area contributed by atoms with Crippen LogP contribution in [-0.4, -0.2) is 29.8 Å². The minimum absolute atomic E-state index is 0.0777. The Morgan fingerprint density at radius 2 is 2.04 bits per heavy atom. The van der Waals surface area contributed by atoms with Gasteiger partial charge in [-0.1, -0.05) is 18.2 Å². The van der Waals surface area contributed by atoms with Crippen molar-refractivity contribution in [2.24, 2.45) is 0 Å². The highest BCUT2D eigenvalue weighted by Crippen LogP contribution is 2.32. The van der Waals surface area contributed by atoms with E-state index < -0.39 is 0 Å². The number of amides is 1. The average Bonchev–Trinajstić information content (AvgIpc) is 3.18. The molecule has 1 unspecified atom stereocenters. The van der Waals surface area contributed by atoms with Crippen LogP contribution in [0.5, 0.6) is 11.5 Å². The van der Waals surface area contributed by atoms with Gasteiger partial charge in [0.25, 0.3) is 5.91 Å². The quantitative estimate of drug-likeness (QED) is 0.757. The van der Waals surface area contributed by atoms with E-state index in [0.29, 0.717) is 17.9 Å². The number of hydrogen-bond donors (Lipinski definition) is 2. The number of nitrogens with zero attached hydrogens (tertiary/aromatic N) is 1. The van der Waals surface area contributed by atoms with Gasteiger partial charge >= 0.3 is 0 Å². The van der Waals surface area contributed by atoms with E-state index in [2.05, 4.69) is 15.5 Å².